The maximum atomic E-state index is 12.0. The van der Waals surface area contributed by atoms with E-state index < -0.39 is 0 Å². The molecule has 0 atom stereocenters. The monoisotopic (exact) mass is 293 g/mol. The smallest absolute Gasteiger partial charge is 0.275 e. The molecule has 0 radical (unpaired) electrons. The Labute approximate surface area is 120 Å². The lowest BCUT2D eigenvalue weighted by Crippen LogP contribution is -2.12. The van der Waals surface area contributed by atoms with Gasteiger partial charge in [0.1, 0.15) is 5.69 Å². The van der Waals surface area contributed by atoms with Crippen molar-refractivity contribution in [1.29, 1.82) is 0 Å². The lowest BCUT2D eigenvalue weighted by atomic mass is 10.2. The Morgan fingerprint density at radius 2 is 2.35 bits per heavy atom. The van der Waals surface area contributed by atoms with Crippen LogP contribution < -0.4 is 15.8 Å². The molecule has 1 aromatic heterocycles. The number of benzene rings is 1. The van der Waals surface area contributed by atoms with Crippen molar-refractivity contribution >= 4 is 22.9 Å². The van der Waals surface area contributed by atoms with Crippen LogP contribution in [-0.2, 0) is 6.42 Å². The van der Waals surface area contributed by atoms with E-state index in [1.165, 1.54) is 24.5 Å². The van der Waals surface area contributed by atoms with Crippen LogP contribution in [0.4, 0.5) is 5.69 Å². The van der Waals surface area contributed by atoms with Gasteiger partial charge >= 0.3 is 0 Å². The van der Waals surface area contributed by atoms with Crippen LogP contribution >= 0.6 is 11.3 Å². The maximum absolute atomic E-state index is 12.0. The number of amides is 1. The molecule has 1 heterocycles. The first-order chi connectivity index (χ1) is 9.63. The average molecular weight is 293 g/mol. The number of anilines is 1. The van der Waals surface area contributed by atoms with E-state index in [0.29, 0.717) is 30.1 Å². The average Bonchev–Trinajstić information content (AvgIpc) is 2.88. The van der Waals surface area contributed by atoms with Gasteiger partial charge in [-0.2, -0.15) is 0 Å². The number of carbonyl (C=O) groups excluding carboxylic acids is 1. The van der Waals surface area contributed by atoms with Crippen LogP contribution in [0, 0.1) is 0 Å². The number of nitrogens with two attached hydrogens (primary N) is 1. The predicted octanol–water partition coefficient (Wildman–Crippen LogP) is 1.61. The molecule has 0 saturated heterocycles. The number of aromatic nitrogens is 1. The van der Waals surface area contributed by atoms with Crippen LogP contribution in [0.2, 0.25) is 0 Å². The third-order valence-electron chi connectivity index (χ3n) is 2.58. The zero-order valence-electron chi connectivity index (χ0n) is 10.9. The molecule has 1 amide bonds. The topological polar surface area (TPSA) is 97.5 Å². The Bertz CT molecular complexity index is 613. The Hall–Kier alpha value is -2.12. The van der Waals surface area contributed by atoms with Crippen molar-refractivity contribution in [3.8, 4) is 11.5 Å². The number of carbonyl (C=O) groups is 1. The van der Waals surface area contributed by atoms with Gasteiger partial charge in [-0.1, -0.05) is 0 Å². The number of aromatic hydroxyl groups is 1. The van der Waals surface area contributed by atoms with E-state index >= 15 is 0 Å². The van der Waals surface area contributed by atoms with E-state index in [4.69, 9.17) is 10.5 Å². The highest BCUT2D eigenvalue weighted by Crippen LogP contribution is 2.28. The van der Waals surface area contributed by atoms with Gasteiger partial charge in [0, 0.05) is 23.6 Å². The maximum Gasteiger partial charge on any atom is 0.275 e. The van der Waals surface area contributed by atoms with Crippen LogP contribution in [0.1, 0.15) is 15.5 Å². The second-order valence-corrected chi connectivity index (χ2v) is 4.95. The quantitative estimate of drug-likeness (QED) is 0.778. The number of hydrogen-bond donors (Lipinski definition) is 3. The lowest BCUT2D eigenvalue weighted by molar-refractivity contribution is 0.102. The summed E-state index contributed by atoms with van der Waals surface area (Å²) < 4.78 is 4.93. The second kappa shape index (κ2) is 6.36. The van der Waals surface area contributed by atoms with E-state index in [-0.39, 0.29) is 11.7 Å². The summed E-state index contributed by atoms with van der Waals surface area (Å²) in [6, 6.07) is 4.64. The minimum absolute atomic E-state index is 0.0348. The van der Waals surface area contributed by atoms with Gasteiger partial charge in [-0.15, -0.1) is 11.3 Å². The van der Waals surface area contributed by atoms with Crippen LogP contribution in [0.5, 0.6) is 11.5 Å². The van der Waals surface area contributed by atoms with Crippen molar-refractivity contribution in [2.45, 2.75) is 6.42 Å². The van der Waals surface area contributed by atoms with Gasteiger partial charge in [-0.25, -0.2) is 4.98 Å². The van der Waals surface area contributed by atoms with Gasteiger partial charge in [0.25, 0.3) is 5.91 Å². The first-order valence-corrected chi connectivity index (χ1v) is 6.85. The molecule has 1 aromatic carbocycles. The molecule has 0 aliphatic heterocycles. The number of ether oxygens (including phenoxy) is 1. The van der Waals surface area contributed by atoms with Crippen LogP contribution in [-0.4, -0.2) is 29.7 Å². The fourth-order valence-corrected chi connectivity index (χ4v) is 2.41. The molecule has 106 valence electrons. The Kier molecular flexibility index (Phi) is 4.54. The van der Waals surface area contributed by atoms with E-state index in [9.17, 15) is 9.90 Å². The first-order valence-electron chi connectivity index (χ1n) is 5.97. The van der Waals surface area contributed by atoms with Gasteiger partial charge in [0.05, 0.1) is 12.1 Å². The van der Waals surface area contributed by atoms with Crippen LogP contribution in [0.15, 0.2) is 23.6 Å². The molecule has 20 heavy (non-hydrogen) atoms. The Balaban J connectivity index is 2.08. The summed E-state index contributed by atoms with van der Waals surface area (Å²) in [5.41, 5.74) is 6.26. The zero-order valence-corrected chi connectivity index (χ0v) is 11.7. The highest BCUT2D eigenvalue weighted by atomic mass is 32.1. The fourth-order valence-electron chi connectivity index (χ4n) is 1.62. The van der Waals surface area contributed by atoms with Crippen molar-refractivity contribution < 1.29 is 14.6 Å². The van der Waals surface area contributed by atoms with Gasteiger partial charge < -0.3 is 20.9 Å². The summed E-state index contributed by atoms with van der Waals surface area (Å²) in [5, 5.41) is 14.8. The molecule has 6 nitrogen and oxygen atoms in total. The highest BCUT2D eigenvalue weighted by molar-refractivity contribution is 7.09. The minimum atomic E-state index is -0.325. The predicted molar refractivity (Wildman–Crippen MR) is 77.5 cm³/mol. The van der Waals surface area contributed by atoms with E-state index in [0.717, 1.165) is 5.01 Å². The van der Waals surface area contributed by atoms with Gasteiger partial charge in [0.2, 0.25) is 0 Å². The number of nitrogens with one attached hydrogen (secondary N) is 1. The van der Waals surface area contributed by atoms with Crippen molar-refractivity contribution in [2.24, 2.45) is 5.73 Å². The summed E-state index contributed by atoms with van der Waals surface area (Å²) in [6.45, 7) is 0.501. The number of nitrogens with zero attached hydrogens (tertiary/aromatic N) is 1. The van der Waals surface area contributed by atoms with Gasteiger partial charge in [-0.05, 0) is 18.7 Å². The van der Waals surface area contributed by atoms with Crippen molar-refractivity contribution in [1.82, 2.24) is 4.98 Å². The number of phenols is 1. The fraction of sp³-hybridized carbons (Fsp3) is 0.231. The zero-order chi connectivity index (χ0) is 14.5. The number of methoxy groups -OCH3 is 1. The molecular formula is C13H15N3O3S. The Morgan fingerprint density at radius 1 is 1.55 bits per heavy atom. The van der Waals surface area contributed by atoms with Crippen molar-refractivity contribution in [3.63, 3.8) is 0 Å². The highest BCUT2D eigenvalue weighted by Gasteiger charge is 2.12. The standard InChI is InChI=1S/C13H15N3O3S/c1-19-11-3-2-8(6-10(11)17)15-13(18)9-7-20-12(16-9)4-5-14/h2-3,6-7,17H,4-5,14H2,1H3,(H,15,18). The van der Waals surface area contributed by atoms with Crippen LogP contribution in [0.3, 0.4) is 0 Å². The molecule has 0 aliphatic carbocycles. The summed E-state index contributed by atoms with van der Waals surface area (Å²) >= 11 is 1.40. The number of thiazole rings is 1. The molecule has 7 heteroatoms. The number of hydrogen-bond acceptors (Lipinski definition) is 6. The van der Waals surface area contributed by atoms with E-state index in [1.54, 1.807) is 17.5 Å². The summed E-state index contributed by atoms with van der Waals surface area (Å²) in [5.74, 6) is -0.0108. The van der Waals surface area contributed by atoms with E-state index in [1.807, 2.05) is 0 Å². The molecule has 2 rings (SSSR count). The summed E-state index contributed by atoms with van der Waals surface area (Å²) in [6.07, 6.45) is 0.654. The largest absolute Gasteiger partial charge is 0.504 e. The molecule has 0 bridgehead atoms. The molecule has 4 N–H and O–H groups in total. The lowest BCUT2D eigenvalue weighted by Gasteiger charge is -2.07. The molecule has 2 aromatic rings. The SMILES string of the molecule is COc1ccc(NC(=O)c2csc(CCN)n2)cc1O. The minimum Gasteiger partial charge on any atom is -0.504 e. The normalized spacial score (nSPS) is 10.3. The number of rotatable bonds is 5. The van der Waals surface area contributed by atoms with E-state index in [2.05, 4.69) is 10.3 Å². The molecular weight excluding hydrogens is 278 g/mol. The first kappa shape index (κ1) is 14.3. The Morgan fingerprint density at radius 3 is 3.00 bits per heavy atom. The molecule has 0 unspecified atom stereocenters. The third-order valence-corrected chi connectivity index (χ3v) is 3.49. The second-order valence-electron chi connectivity index (χ2n) is 4.01. The molecule has 0 fully saturated rings. The number of phenolic OH excluding ortho intramolecular Hbond substituents is 1. The molecule has 0 spiro atoms. The van der Waals surface area contributed by atoms with Crippen molar-refractivity contribution in [2.75, 3.05) is 19.0 Å². The van der Waals surface area contributed by atoms with Gasteiger partial charge in [-0.3, -0.25) is 4.79 Å². The summed E-state index contributed by atoms with van der Waals surface area (Å²) in [7, 11) is 1.46. The summed E-state index contributed by atoms with van der Waals surface area (Å²) in [4.78, 5) is 16.2. The molecule has 0 saturated carbocycles. The molecule has 0 aliphatic rings. The van der Waals surface area contributed by atoms with Crippen molar-refractivity contribution in [3.05, 3.63) is 34.3 Å². The van der Waals surface area contributed by atoms with Gasteiger partial charge in [0.15, 0.2) is 11.5 Å². The third kappa shape index (κ3) is 3.25. The van der Waals surface area contributed by atoms with Crippen LogP contribution in [0.25, 0.3) is 0 Å².